The van der Waals surface area contributed by atoms with Gasteiger partial charge in [-0.15, -0.1) is 0 Å². The molecule has 0 spiro atoms. The average Bonchev–Trinajstić information content (AvgIpc) is 2.88. The molecule has 0 bridgehead atoms. The van der Waals surface area contributed by atoms with Crippen LogP contribution in [0.15, 0.2) is 18.2 Å². The Labute approximate surface area is 182 Å². The van der Waals surface area contributed by atoms with E-state index < -0.39 is 18.8 Å². The van der Waals surface area contributed by atoms with E-state index in [9.17, 15) is 18.3 Å². The number of hydrogen-bond donors (Lipinski definition) is 2. The van der Waals surface area contributed by atoms with Gasteiger partial charge in [-0.2, -0.15) is 13.2 Å². The quantitative estimate of drug-likeness (QED) is 0.537. The van der Waals surface area contributed by atoms with Gasteiger partial charge in [0.05, 0.1) is 21.9 Å². The Balaban J connectivity index is 1.72. The van der Waals surface area contributed by atoms with Crippen molar-refractivity contribution in [2.45, 2.75) is 44.6 Å². The number of aryl methyl sites for hydroxylation is 1. The summed E-state index contributed by atoms with van der Waals surface area (Å²) in [6, 6.07) is 5.75. The number of aliphatic hydroxyl groups is 1. The van der Waals surface area contributed by atoms with E-state index in [1.54, 1.807) is 13.2 Å². The zero-order valence-corrected chi connectivity index (χ0v) is 18.8. The highest BCUT2D eigenvalue weighted by Crippen LogP contribution is 2.35. The molecule has 1 aliphatic rings. The van der Waals surface area contributed by atoms with E-state index in [0.29, 0.717) is 22.4 Å². The van der Waals surface area contributed by atoms with Crippen LogP contribution in [0.1, 0.15) is 18.4 Å². The number of ether oxygens (including phenoxy) is 1. The molecule has 0 radical (unpaired) electrons. The summed E-state index contributed by atoms with van der Waals surface area (Å²) in [6.45, 7) is 3.53. The summed E-state index contributed by atoms with van der Waals surface area (Å²) in [5.74, 6) is 0. The first-order valence-corrected chi connectivity index (χ1v) is 10.8. The molecule has 1 saturated heterocycles. The van der Waals surface area contributed by atoms with Crippen molar-refractivity contribution in [3.05, 3.63) is 27.5 Å². The lowest BCUT2D eigenvalue weighted by Crippen LogP contribution is -2.43. The SMILES string of the molecule is COCC(O)CN1CCC(Nc2cccc3c2c(C)c(I)n3CC(F)(F)F)CC1. The number of nitrogens with one attached hydrogen (secondary N) is 1. The Morgan fingerprint density at radius 2 is 2.00 bits per heavy atom. The van der Waals surface area contributed by atoms with Crippen LogP contribution in [0.3, 0.4) is 0 Å². The topological polar surface area (TPSA) is 49.7 Å². The van der Waals surface area contributed by atoms with Crippen molar-refractivity contribution in [2.24, 2.45) is 0 Å². The Bertz CT molecular complexity index is 832. The smallest absolute Gasteiger partial charge is 0.389 e. The number of β-amino-alcohol motifs (C(OH)–C–C–N with tert-alkyl or cyclic N) is 1. The van der Waals surface area contributed by atoms with Crippen LogP contribution < -0.4 is 5.32 Å². The Morgan fingerprint density at radius 3 is 2.62 bits per heavy atom. The van der Waals surface area contributed by atoms with Crippen LogP contribution in [0.2, 0.25) is 0 Å². The number of rotatable bonds is 7. The molecule has 5 nitrogen and oxygen atoms in total. The number of alkyl halides is 3. The molecule has 0 amide bonds. The summed E-state index contributed by atoms with van der Waals surface area (Å²) in [4.78, 5) is 2.22. The molecule has 1 atom stereocenters. The molecular weight excluding hydrogens is 498 g/mol. The van der Waals surface area contributed by atoms with Crippen molar-refractivity contribution < 1.29 is 23.0 Å². The van der Waals surface area contributed by atoms with Gasteiger partial charge >= 0.3 is 6.18 Å². The van der Waals surface area contributed by atoms with Crippen molar-refractivity contribution in [1.82, 2.24) is 9.47 Å². The van der Waals surface area contributed by atoms with Gasteiger partial charge in [0, 0.05) is 43.9 Å². The number of fused-ring (bicyclic) bond motifs is 1. The lowest BCUT2D eigenvalue weighted by molar-refractivity contribution is -0.140. The van der Waals surface area contributed by atoms with Gasteiger partial charge < -0.3 is 24.6 Å². The molecule has 29 heavy (non-hydrogen) atoms. The number of nitrogens with zero attached hydrogens (tertiary/aromatic N) is 2. The first-order valence-electron chi connectivity index (χ1n) is 9.69. The summed E-state index contributed by atoms with van der Waals surface area (Å²) in [5.41, 5.74) is 2.36. The van der Waals surface area contributed by atoms with Crippen LogP contribution in [0.25, 0.3) is 10.9 Å². The van der Waals surface area contributed by atoms with Crippen LogP contribution in [0, 0.1) is 10.6 Å². The molecule has 2 heterocycles. The van der Waals surface area contributed by atoms with Crippen LogP contribution >= 0.6 is 22.6 Å². The van der Waals surface area contributed by atoms with Crippen LogP contribution in [-0.4, -0.2) is 66.2 Å². The fourth-order valence-corrected chi connectivity index (χ4v) is 4.75. The predicted molar refractivity (Wildman–Crippen MR) is 116 cm³/mol. The second kappa shape index (κ2) is 9.40. The second-order valence-corrected chi connectivity index (χ2v) is 8.67. The molecular formula is C20H27F3IN3O2. The van der Waals surface area contributed by atoms with Gasteiger partial charge in [-0.05, 0) is 60.1 Å². The molecule has 2 N–H and O–H groups in total. The normalized spacial score (nSPS) is 17.8. The first kappa shape index (κ1) is 22.6. The standard InChI is InChI=1S/C20H27F3IN3O2/c1-13-18-16(4-3-5-17(18)27(19(13)24)12-20(21,22)23)25-14-6-8-26(9-7-14)10-15(28)11-29-2/h3-5,14-15,25,28H,6-12H2,1-2H3. The Kier molecular flexibility index (Phi) is 7.34. The van der Waals surface area contributed by atoms with Gasteiger partial charge in [-0.3, -0.25) is 0 Å². The largest absolute Gasteiger partial charge is 0.406 e. The number of methoxy groups -OCH3 is 1. The number of hydrogen-bond acceptors (Lipinski definition) is 4. The zero-order valence-electron chi connectivity index (χ0n) is 16.6. The van der Waals surface area contributed by atoms with Crippen LogP contribution in [-0.2, 0) is 11.3 Å². The maximum atomic E-state index is 13.0. The maximum absolute atomic E-state index is 13.0. The molecule has 9 heteroatoms. The highest BCUT2D eigenvalue weighted by Gasteiger charge is 2.31. The molecule has 1 aliphatic heterocycles. The number of aromatic nitrogens is 1. The minimum Gasteiger partial charge on any atom is -0.389 e. The molecule has 162 valence electrons. The monoisotopic (exact) mass is 525 g/mol. The van der Waals surface area contributed by atoms with Crippen molar-refractivity contribution >= 4 is 39.2 Å². The highest BCUT2D eigenvalue weighted by molar-refractivity contribution is 14.1. The number of benzene rings is 1. The second-order valence-electron chi connectivity index (χ2n) is 7.65. The molecule has 1 fully saturated rings. The summed E-state index contributed by atoms with van der Waals surface area (Å²) >= 11 is 2.00. The third-order valence-electron chi connectivity index (χ3n) is 5.37. The number of anilines is 1. The zero-order chi connectivity index (χ0) is 21.2. The van der Waals surface area contributed by atoms with Gasteiger partial charge in [0.15, 0.2) is 0 Å². The number of aliphatic hydroxyl groups excluding tert-OH is 1. The third-order valence-corrected chi connectivity index (χ3v) is 6.76. The predicted octanol–water partition coefficient (Wildman–Crippen LogP) is 4.00. The molecule has 3 rings (SSSR count). The van der Waals surface area contributed by atoms with E-state index >= 15 is 0 Å². The summed E-state index contributed by atoms with van der Waals surface area (Å²) in [5, 5.41) is 14.3. The van der Waals surface area contributed by atoms with Gasteiger partial charge in [-0.25, -0.2) is 0 Å². The maximum Gasteiger partial charge on any atom is 0.406 e. The summed E-state index contributed by atoms with van der Waals surface area (Å²) in [7, 11) is 1.57. The third kappa shape index (κ3) is 5.56. The van der Waals surface area contributed by atoms with Crippen molar-refractivity contribution in [3.8, 4) is 0 Å². The first-order chi connectivity index (χ1) is 13.7. The van der Waals surface area contributed by atoms with Crippen LogP contribution in [0.5, 0.6) is 0 Å². The van der Waals surface area contributed by atoms with E-state index in [4.69, 9.17) is 4.74 Å². The fraction of sp³-hybridized carbons (Fsp3) is 0.600. The summed E-state index contributed by atoms with van der Waals surface area (Å²) < 4.78 is 46.0. The van der Waals surface area contributed by atoms with Crippen molar-refractivity contribution in [2.75, 3.05) is 38.7 Å². The average molecular weight is 525 g/mol. The molecule has 0 saturated carbocycles. The molecule has 1 aromatic heterocycles. The van der Waals surface area contributed by atoms with Crippen molar-refractivity contribution in [1.29, 1.82) is 0 Å². The summed E-state index contributed by atoms with van der Waals surface area (Å²) in [6.07, 6.45) is -2.93. The Morgan fingerprint density at radius 1 is 1.31 bits per heavy atom. The van der Waals surface area contributed by atoms with Crippen molar-refractivity contribution in [3.63, 3.8) is 0 Å². The van der Waals surface area contributed by atoms with E-state index in [2.05, 4.69) is 10.2 Å². The number of likely N-dealkylation sites (tertiary alicyclic amines) is 1. The van der Waals surface area contributed by atoms with Gasteiger partial charge in [-0.1, -0.05) is 6.07 Å². The van der Waals surface area contributed by atoms with E-state index in [1.807, 2.05) is 41.6 Å². The van der Waals surface area contributed by atoms with E-state index in [1.165, 1.54) is 4.57 Å². The minimum atomic E-state index is -4.26. The molecule has 1 aromatic carbocycles. The number of piperidine rings is 1. The highest BCUT2D eigenvalue weighted by atomic mass is 127. The molecule has 2 aromatic rings. The van der Waals surface area contributed by atoms with Gasteiger partial charge in [0.2, 0.25) is 0 Å². The van der Waals surface area contributed by atoms with E-state index in [-0.39, 0.29) is 6.04 Å². The van der Waals surface area contributed by atoms with Gasteiger partial charge in [0.1, 0.15) is 6.54 Å². The number of halogens is 4. The Hall–Kier alpha value is -1.04. The molecule has 0 aliphatic carbocycles. The minimum absolute atomic E-state index is 0.249. The van der Waals surface area contributed by atoms with Crippen LogP contribution in [0.4, 0.5) is 18.9 Å². The lowest BCUT2D eigenvalue weighted by atomic mass is 10.0. The lowest BCUT2D eigenvalue weighted by Gasteiger charge is -2.34. The van der Waals surface area contributed by atoms with E-state index in [0.717, 1.165) is 42.6 Å². The molecule has 1 unspecified atom stereocenters. The van der Waals surface area contributed by atoms with Gasteiger partial charge in [0.25, 0.3) is 0 Å². The fourth-order valence-electron chi connectivity index (χ4n) is 4.05.